The molecule has 0 fully saturated rings. The van der Waals surface area contributed by atoms with E-state index in [2.05, 4.69) is 6.58 Å². The Morgan fingerprint density at radius 1 is 1.33 bits per heavy atom. The van der Waals surface area contributed by atoms with E-state index < -0.39 is 11.1 Å². The first kappa shape index (κ1) is 11.0. The van der Waals surface area contributed by atoms with Gasteiger partial charge in [0, 0.05) is 4.90 Å². The van der Waals surface area contributed by atoms with Gasteiger partial charge in [-0.1, -0.05) is 24.8 Å². The van der Waals surface area contributed by atoms with Crippen LogP contribution in [-0.4, -0.2) is 14.2 Å². The van der Waals surface area contributed by atoms with Crippen molar-refractivity contribution in [1.29, 1.82) is 0 Å². The smallest absolute Gasteiger partial charge is 0.0249 e. The van der Waals surface area contributed by atoms with Gasteiger partial charge < -0.3 is 10.0 Å². The zero-order chi connectivity index (χ0) is 8.27. The highest BCUT2D eigenvalue weighted by atomic mass is 32.2. The molecule has 0 aliphatic rings. The number of hydrogen-bond donors (Lipinski definition) is 0. The summed E-state index contributed by atoms with van der Waals surface area (Å²) in [5.41, 5.74) is 0.916. The predicted octanol–water partition coefficient (Wildman–Crippen LogP) is 0.743. The van der Waals surface area contributed by atoms with Gasteiger partial charge in [0.2, 0.25) is 0 Å². The highest BCUT2D eigenvalue weighted by molar-refractivity contribution is 7.79. The maximum atomic E-state index is 10.4. The molecule has 0 aliphatic heterocycles. The molecule has 2 N–H and O–H groups in total. The largest absolute Gasteiger partial charge is 0.768 e. The van der Waals surface area contributed by atoms with Crippen molar-refractivity contribution < 1.29 is 14.2 Å². The quantitative estimate of drug-likeness (QED) is 0.637. The molecule has 66 valence electrons. The van der Waals surface area contributed by atoms with Crippen LogP contribution in [0.15, 0.2) is 35.7 Å². The normalized spacial score (nSPS) is 11.4. The molecule has 0 aromatic heterocycles. The molecule has 0 saturated heterocycles. The molecule has 0 amide bonds. The highest BCUT2D eigenvalue weighted by Crippen LogP contribution is 2.07. The molecule has 1 aromatic rings. The van der Waals surface area contributed by atoms with Gasteiger partial charge in [-0.25, -0.2) is 0 Å². The summed E-state index contributed by atoms with van der Waals surface area (Å²) >= 11 is -2.12. The van der Waals surface area contributed by atoms with Crippen molar-refractivity contribution in [2.45, 2.75) is 4.90 Å². The van der Waals surface area contributed by atoms with Crippen LogP contribution in [0.4, 0.5) is 0 Å². The molecule has 0 aliphatic carbocycles. The molecule has 0 bridgehead atoms. The van der Waals surface area contributed by atoms with Gasteiger partial charge in [-0.15, -0.1) is 0 Å². The molecule has 1 aromatic carbocycles. The summed E-state index contributed by atoms with van der Waals surface area (Å²) in [6, 6.07) is 6.50. The molecule has 1 rings (SSSR count). The molecule has 1 atom stereocenters. The summed E-state index contributed by atoms with van der Waals surface area (Å²) < 4.78 is 20.7. The Morgan fingerprint density at radius 3 is 2.17 bits per heavy atom. The minimum absolute atomic E-state index is 0. The third-order valence-corrected chi connectivity index (χ3v) is 1.97. The monoisotopic (exact) mass is 185 g/mol. The zero-order valence-electron chi connectivity index (χ0n) is 6.32. The van der Waals surface area contributed by atoms with Gasteiger partial charge in [0.05, 0.1) is 0 Å². The first-order chi connectivity index (χ1) is 5.24. The van der Waals surface area contributed by atoms with Gasteiger partial charge in [-0.3, -0.25) is 4.21 Å². The van der Waals surface area contributed by atoms with E-state index in [1.807, 2.05) is 0 Å². The van der Waals surface area contributed by atoms with E-state index in [-0.39, 0.29) is 5.48 Å². The molecule has 1 unspecified atom stereocenters. The summed E-state index contributed by atoms with van der Waals surface area (Å²) in [5.74, 6) is 0. The molecular formula is C8H9O3S-. The van der Waals surface area contributed by atoms with Crippen LogP contribution in [0.25, 0.3) is 6.08 Å². The first-order valence-corrected chi connectivity index (χ1v) is 4.13. The van der Waals surface area contributed by atoms with E-state index >= 15 is 0 Å². The lowest BCUT2D eigenvalue weighted by molar-refractivity contribution is 0.537. The van der Waals surface area contributed by atoms with E-state index in [0.717, 1.165) is 5.56 Å². The van der Waals surface area contributed by atoms with Crippen molar-refractivity contribution in [2.75, 3.05) is 0 Å². The fraction of sp³-hybridized carbons (Fsp3) is 0. The molecule has 0 spiro atoms. The SMILES string of the molecule is C=Cc1ccc(S(=O)[O-])cc1.O. The molecule has 0 radical (unpaired) electrons. The number of hydrogen-bond acceptors (Lipinski definition) is 2. The van der Waals surface area contributed by atoms with Crippen LogP contribution in [0.5, 0.6) is 0 Å². The van der Waals surface area contributed by atoms with Crippen molar-refractivity contribution in [3.8, 4) is 0 Å². The maximum Gasteiger partial charge on any atom is 0.0249 e. The van der Waals surface area contributed by atoms with E-state index in [9.17, 15) is 8.76 Å². The van der Waals surface area contributed by atoms with Gasteiger partial charge in [0.15, 0.2) is 0 Å². The van der Waals surface area contributed by atoms with Crippen molar-refractivity contribution >= 4 is 17.2 Å². The van der Waals surface area contributed by atoms with E-state index in [4.69, 9.17) is 0 Å². The summed E-state index contributed by atoms with van der Waals surface area (Å²) in [6.45, 7) is 3.55. The number of benzene rings is 1. The lowest BCUT2D eigenvalue weighted by Gasteiger charge is -2.03. The van der Waals surface area contributed by atoms with Gasteiger partial charge in [-0.05, 0) is 28.8 Å². The second-order valence-electron chi connectivity index (χ2n) is 2.01. The van der Waals surface area contributed by atoms with Crippen LogP contribution in [0.3, 0.4) is 0 Å². The van der Waals surface area contributed by atoms with Crippen LogP contribution in [0.2, 0.25) is 0 Å². The molecule has 3 nitrogen and oxygen atoms in total. The fourth-order valence-corrected chi connectivity index (χ4v) is 1.07. The molecule has 4 heteroatoms. The first-order valence-electron chi connectivity index (χ1n) is 3.06. The Balaban J connectivity index is 0.00000121. The minimum atomic E-state index is -2.12. The van der Waals surface area contributed by atoms with Crippen LogP contribution in [0.1, 0.15) is 5.56 Å². The van der Waals surface area contributed by atoms with E-state index in [1.165, 1.54) is 0 Å². The van der Waals surface area contributed by atoms with E-state index in [1.54, 1.807) is 30.3 Å². The molecule has 0 saturated carbocycles. The molecular weight excluding hydrogens is 176 g/mol. The highest BCUT2D eigenvalue weighted by Gasteiger charge is 1.89. The summed E-state index contributed by atoms with van der Waals surface area (Å²) in [7, 11) is 0. The summed E-state index contributed by atoms with van der Waals surface area (Å²) in [4.78, 5) is 0.301. The van der Waals surface area contributed by atoms with Crippen molar-refractivity contribution in [2.24, 2.45) is 0 Å². The van der Waals surface area contributed by atoms with E-state index in [0.29, 0.717) is 4.90 Å². The van der Waals surface area contributed by atoms with Gasteiger partial charge in [-0.2, -0.15) is 0 Å². The second-order valence-corrected chi connectivity index (χ2v) is 2.95. The second kappa shape index (κ2) is 4.82. The Hall–Kier alpha value is -0.970. The lowest BCUT2D eigenvalue weighted by atomic mass is 10.2. The maximum absolute atomic E-state index is 10.4. The Kier molecular flexibility index (Phi) is 4.43. The van der Waals surface area contributed by atoms with Crippen LogP contribution in [0, 0.1) is 0 Å². The van der Waals surface area contributed by atoms with Gasteiger partial charge in [0.25, 0.3) is 0 Å². The zero-order valence-corrected chi connectivity index (χ0v) is 7.14. The standard InChI is InChI=1S/C8H8O2S.H2O/c1-2-7-3-5-8(6-4-7)11(9)10;/h2-6H,1H2,(H,9,10);1H2/p-1. The predicted molar refractivity (Wildman–Crippen MR) is 47.3 cm³/mol. The van der Waals surface area contributed by atoms with Crippen LogP contribution in [-0.2, 0) is 11.1 Å². The van der Waals surface area contributed by atoms with Crippen molar-refractivity contribution in [3.63, 3.8) is 0 Å². The Labute approximate surface area is 73.3 Å². The molecule has 12 heavy (non-hydrogen) atoms. The van der Waals surface area contributed by atoms with Crippen molar-refractivity contribution in [1.82, 2.24) is 0 Å². The number of rotatable bonds is 2. The molecule has 0 heterocycles. The Morgan fingerprint density at radius 2 is 1.83 bits per heavy atom. The van der Waals surface area contributed by atoms with Crippen molar-refractivity contribution in [3.05, 3.63) is 36.4 Å². The van der Waals surface area contributed by atoms with Gasteiger partial charge >= 0.3 is 0 Å². The average molecular weight is 185 g/mol. The lowest BCUT2D eigenvalue weighted by Crippen LogP contribution is -1.87. The topological polar surface area (TPSA) is 71.6 Å². The van der Waals surface area contributed by atoms with Gasteiger partial charge in [0.1, 0.15) is 0 Å². The third-order valence-electron chi connectivity index (χ3n) is 1.31. The Bertz CT molecular complexity index is 279. The summed E-state index contributed by atoms with van der Waals surface area (Å²) in [5, 5.41) is 0. The minimum Gasteiger partial charge on any atom is -0.768 e. The average Bonchev–Trinajstić information content (AvgIpc) is 2.05. The third kappa shape index (κ3) is 2.58. The van der Waals surface area contributed by atoms with Crippen LogP contribution >= 0.6 is 0 Å². The fourth-order valence-electron chi connectivity index (χ4n) is 0.715. The summed E-state index contributed by atoms with van der Waals surface area (Å²) in [6.07, 6.45) is 1.66. The van der Waals surface area contributed by atoms with Crippen LogP contribution < -0.4 is 0 Å².